The zero-order chi connectivity index (χ0) is 18.9. The summed E-state index contributed by atoms with van der Waals surface area (Å²) in [5, 5.41) is 8.75. The third-order valence-electron chi connectivity index (χ3n) is 4.54. The molecule has 0 fully saturated rings. The van der Waals surface area contributed by atoms with Gasteiger partial charge in [-0.25, -0.2) is 8.42 Å². The number of amides is 1. The minimum Gasteiger partial charge on any atom is -0.348 e. The number of rotatable bonds is 5. The maximum Gasteiger partial charge on any atom is 0.251 e. The number of hydrogen-bond donors (Lipinski definition) is 1. The molecule has 1 aromatic carbocycles. The normalized spacial score (nSPS) is 14.7. The van der Waals surface area contributed by atoms with Crippen molar-refractivity contribution in [2.45, 2.75) is 24.4 Å². The molecule has 0 atom stereocenters. The van der Waals surface area contributed by atoms with E-state index >= 15 is 0 Å². The average molecular weight is 419 g/mol. The second-order valence-electron chi connectivity index (χ2n) is 6.30. The summed E-state index contributed by atoms with van der Waals surface area (Å²) in [6, 6.07) is 10.2. The Hall–Kier alpha value is -2.00. The second kappa shape index (κ2) is 7.55. The number of sulfonamides is 1. The van der Waals surface area contributed by atoms with Gasteiger partial charge in [0.25, 0.3) is 5.91 Å². The second-order valence-corrected chi connectivity index (χ2v) is 10.0. The lowest BCUT2D eigenvalue weighted by atomic mass is 10.1. The van der Waals surface area contributed by atoms with Crippen LogP contribution in [0.1, 0.15) is 26.4 Å². The number of fused-ring (bicyclic) bond motifs is 1. The van der Waals surface area contributed by atoms with E-state index in [-0.39, 0.29) is 10.8 Å². The Morgan fingerprint density at radius 1 is 1.19 bits per heavy atom. The van der Waals surface area contributed by atoms with Crippen LogP contribution < -0.4 is 5.32 Å². The summed E-state index contributed by atoms with van der Waals surface area (Å²) in [6.45, 7) is 1.27. The maximum absolute atomic E-state index is 13.0. The van der Waals surface area contributed by atoms with Crippen molar-refractivity contribution in [1.29, 1.82) is 0 Å². The van der Waals surface area contributed by atoms with E-state index in [1.54, 1.807) is 40.9 Å². The monoisotopic (exact) mass is 418 g/mol. The Kier molecular flexibility index (Phi) is 5.14. The Labute approximate surface area is 166 Å². The molecule has 1 aliphatic heterocycles. The van der Waals surface area contributed by atoms with Gasteiger partial charge < -0.3 is 5.32 Å². The molecule has 1 aliphatic rings. The third kappa shape index (κ3) is 3.84. The zero-order valence-corrected chi connectivity index (χ0v) is 16.9. The van der Waals surface area contributed by atoms with Gasteiger partial charge in [0.1, 0.15) is 0 Å². The molecule has 3 aromatic rings. The van der Waals surface area contributed by atoms with Gasteiger partial charge >= 0.3 is 0 Å². The predicted octanol–water partition coefficient (Wildman–Crippen LogP) is 3.49. The van der Waals surface area contributed by atoms with Gasteiger partial charge in [0.15, 0.2) is 0 Å². The molecular formula is C19H18N2O3S3. The maximum atomic E-state index is 13.0. The van der Waals surface area contributed by atoms with E-state index in [9.17, 15) is 13.2 Å². The molecule has 5 nitrogen and oxygen atoms in total. The smallest absolute Gasteiger partial charge is 0.251 e. The molecule has 0 aliphatic carbocycles. The van der Waals surface area contributed by atoms with E-state index < -0.39 is 10.0 Å². The SMILES string of the molecule is O=C(NCc1ccsc1)c1cccc(S(=O)(=O)N2CCc3sccc3C2)c1. The van der Waals surface area contributed by atoms with Crippen LogP contribution in [-0.2, 0) is 29.5 Å². The molecule has 4 rings (SSSR count). The molecule has 1 N–H and O–H groups in total. The fraction of sp³-hybridized carbons (Fsp3) is 0.211. The molecule has 0 bridgehead atoms. The van der Waals surface area contributed by atoms with Crippen molar-refractivity contribution < 1.29 is 13.2 Å². The molecule has 0 unspecified atom stereocenters. The van der Waals surface area contributed by atoms with Gasteiger partial charge in [-0.2, -0.15) is 15.6 Å². The molecule has 3 heterocycles. The summed E-state index contributed by atoms with van der Waals surface area (Å²) < 4.78 is 27.6. The van der Waals surface area contributed by atoms with Crippen LogP contribution in [0.5, 0.6) is 0 Å². The summed E-state index contributed by atoms with van der Waals surface area (Å²) >= 11 is 3.24. The minimum absolute atomic E-state index is 0.157. The molecule has 2 aromatic heterocycles. The molecular weight excluding hydrogens is 400 g/mol. The van der Waals surface area contributed by atoms with Crippen molar-refractivity contribution in [2.24, 2.45) is 0 Å². The van der Waals surface area contributed by atoms with E-state index in [1.807, 2.05) is 28.3 Å². The molecule has 0 radical (unpaired) electrons. The van der Waals surface area contributed by atoms with Gasteiger partial charge in [-0.15, -0.1) is 11.3 Å². The number of benzene rings is 1. The molecule has 0 spiro atoms. The van der Waals surface area contributed by atoms with Crippen molar-refractivity contribution in [3.05, 3.63) is 74.1 Å². The van der Waals surface area contributed by atoms with Crippen molar-refractivity contribution in [1.82, 2.24) is 9.62 Å². The van der Waals surface area contributed by atoms with Crippen molar-refractivity contribution >= 4 is 38.6 Å². The van der Waals surface area contributed by atoms with Crippen LogP contribution in [0.4, 0.5) is 0 Å². The van der Waals surface area contributed by atoms with Crippen LogP contribution in [0.2, 0.25) is 0 Å². The topological polar surface area (TPSA) is 66.5 Å². The first-order chi connectivity index (χ1) is 13.0. The summed E-state index contributed by atoms with van der Waals surface area (Å²) in [6.07, 6.45) is 0.729. The quantitative estimate of drug-likeness (QED) is 0.690. The van der Waals surface area contributed by atoms with Crippen LogP contribution in [0.15, 0.2) is 57.4 Å². The van der Waals surface area contributed by atoms with Gasteiger partial charge in [0.2, 0.25) is 10.0 Å². The summed E-state index contributed by atoms with van der Waals surface area (Å²) in [5.74, 6) is -0.281. The standard InChI is InChI=1S/C19H18N2O3S3/c22-19(20-11-14-5-8-25-13-14)15-2-1-3-17(10-15)27(23,24)21-7-4-18-16(12-21)6-9-26-18/h1-3,5-6,8-10,13H,4,7,11-12H2,(H,20,22). The average Bonchev–Trinajstić information content (AvgIpc) is 3.37. The highest BCUT2D eigenvalue weighted by atomic mass is 32.2. The molecule has 8 heteroatoms. The van der Waals surface area contributed by atoms with Crippen LogP contribution >= 0.6 is 22.7 Å². The van der Waals surface area contributed by atoms with Crippen molar-refractivity contribution in [2.75, 3.05) is 6.54 Å². The lowest BCUT2D eigenvalue weighted by Crippen LogP contribution is -2.35. The van der Waals surface area contributed by atoms with Gasteiger partial charge in [-0.05, 0) is 64.0 Å². The van der Waals surface area contributed by atoms with Crippen LogP contribution in [0.3, 0.4) is 0 Å². The first kappa shape index (κ1) is 18.4. The van der Waals surface area contributed by atoms with Gasteiger partial charge in [-0.3, -0.25) is 4.79 Å². The Balaban J connectivity index is 1.52. The fourth-order valence-corrected chi connectivity index (χ4v) is 6.08. The summed E-state index contributed by atoms with van der Waals surface area (Å²) in [4.78, 5) is 13.8. The largest absolute Gasteiger partial charge is 0.348 e. The van der Waals surface area contributed by atoms with Crippen LogP contribution in [-0.4, -0.2) is 25.2 Å². The minimum atomic E-state index is -3.64. The number of nitrogens with one attached hydrogen (secondary N) is 1. The number of carbonyl (C=O) groups is 1. The molecule has 140 valence electrons. The first-order valence-corrected chi connectivity index (χ1v) is 11.7. The highest BCUT2D eigenvalue weighted by molar-refractivity contribution is 7.89. The Morgan fingerprint density at radius 2 is 2.07 bits per heavy atom. The number of thiophene rings is 2. The lowest BCUT2D eigenvalue weighted by Gasteiger charge is -2.26. The Morgan fingerprint density at radius 3 is 2.89 bits per heavy atom. The van der Waals surface area contributed by atoms with Gasteiger partial charge in [0, 0.05) is 30.1 Å². The van der Waals surface area contributed by atoms with E-state index in [0.29, 0.717) is 25.2 Å². The van der Waals surface area contributed by atoms with E-state index in [1.165, 1.54) is 15.2 Å². The summed E-state index contributed by atoms with van der Waals surface area (Å²) in [7, 11) is -3.64. The predicted molar refractivity (Wildman–Crippen MR) is 108 cm³/mol. The van der Waals surface area contributed by atoms with E-state index in [2.05, 4.69) is 5.32 Å². The van der Waals surface area contributed by atoms with Crippen LogP contribution in [0, 0.1) is 0 Å². The van der Waals surface area contributed by atoms with E-state index in [4.69, 9.17) is 0 Å². The Bertz CT molecular complexity index is 1060. The van der Waals surface area contributed by atoms with Gasteiger partial charge in [-0.1, -0.05) is 6.07 Å². The summed E-state index contributed by atoms with van der Waals surface area (Å²) in [5.41, 5.74) is 2.44. The molecule has 27 heavy (non-hydrogen) atoms. The zero-order valence-electron chi connectivity index (χ0n) is 14.4. The van der Waals surface area contributed by atoms with Crippen molar-refractivity contribution in [3.8, 4) is 0 Å². The van der Waals surface area contributed by atoms with Gasteiger partial charge in [0.05, 0.1) is 4.90 Å². The molecule has 0 saturated heterocycles. The molecule has 1 amide bonds. The number of carbonyl (C=O) groups excluding carboxylic acids is 1. The molecule has 0 saturated carbocycles. The fourth-order valence-electron chi connectivity index (χ4n) is 3.05. The number of nitrogens with zero attached hydrogens (tertiary/aromatic N) is 1. The number of hydrogen-bond acceptors (Lipinski definition) is 5. The first-order valence-electron chi connectivity index (χ1n) is 8.49. The van der Waals surface area contributed by atoms with Crippen LogP contribution in [0.25, 0.3) is 0 Å². The van der Waals surface area contributed by atoms with E-state index in [0.717, 1.165) is 17.5 Å². The highest BCUT2D eigenvalue weighted by Gasteiger charge is 2.29. The van der Waals surface area contributed by atoms with Crippen molar-refractivity contribution in [3.63, 3.8) is 0 Å². The lowest BCUT2D eigenvalue weighted by molar-refractivity contribution is 0.0950. The third-order valence-corrected chi connectivity index (χ3v) is 8.14. The highest BCUT2D eigenvalue weighted by Crippen LogP contribution is 2.28.